The van der Waals surface area contributed by atoms with Crippen molar-refractivity contribution in [1.29, 1.82) is 0 Å². The fraction of sp³-hybridized carbons (Fsp3) is 0.0606. The number of aromatic nitrogens is 1. The van der Waals surface area contributed by atoms with Gasteiger partial charge in [0, 0.05) is 43.3 Å². The van der Waals surface area contributed by atoms with Gasteiger partial charge in [0.15, 0.2) is 0 Å². The highest BCUT2D eigenvalue weighted by Gasteiger charge is 2.18. The van der Waals surface area contributed by atoms with Crippen LogP contribution in [-0.2, 0) is 9.59 Å². The van der Waals surface area contributed by atoms with Gasteiger partial charge in [0.05, 0.1) is 10.9 Å². The van der Waals surface area contributed by atoms with Crippen LogP contribution in [0.3, 0.4) is 0 Å². The molecule has 1 heterocycles. The first kappa shape index (κ1) is 29.8. The number of aromatic amines is 1. The second kappa shape index (κ2) is 13.5. The predicted molar refractivity (Wildman–Crippen MR) is 173 cm³/mol. The lowest BCUT2D eigenvalue weighted by Gasteiger charge is -2.14. The molecule has 0 radical (unpaired) electrons. The molecule has 1 atom stereocenters. The number of amides is 3. The molecule has 10 heteroatoms. The van der Waals surface area contributed by atoms with Crippen LogP contribution >= 0.6 is 27.7 Å². The zero-order valence-electron chi connectivity index (χ0n) is 22.9. The smallest absolute Gasteiger partial charge is 0.272 e. The minimum absolute atomic E-state index is 0.0718. The molecule has 4 N–H and O–H groups in total. The van der Waals surface area contributed by atoms with Crippen molar-refractivity contribution in [2.24, 2.45) is 0 Å². The molecule has 0 saturated carbocycles. The Labute approximate surface area is 260 Å². The molecular weight excluding hydrogens is 631 g/mol. The highest BCUT2D eigenvalue weighted by atomic mass is 79.9. The van der Waals surface area contributed by atoms with E-state index in [0.29, 0.717) is 15.7 Å². The Morgan fingerprint density at radius 1 is 0.907 bits per heavy atom. The Balaban J connectivity index is 1.28. The van der Waals surface area contributed by atoms with Crippen LogP contribution in [0.2, 0.25) is 0 Å². The van der Waals surface area contributed by atoms with E-state index < -0.39 is 22.9 Å². The van der Waals surface area contributed by atoms with Crippen molar-refractivity contribution in [3.05, 3.63) is 130 Å². The summed E-state index contributed by atoms with van der Waals surface area (Å²) in [5.74, 6) is -1.79. The Bertz CT molecular complexity index is 1820. The molecule has 5 aromatic rings. The maximum Gasteiger partial charge on any atom is 0.272 e. The van der Waals surface area contributed by atoms with Crippen molar-refractivity contribution in [3.63, 3.8) is 0 Å². The van der Waals surface area contributed by atoms with Gasteiger partial charge >= 0.3 is 0 Å². The van der Waals surface area contributed by atoms with Crippen molar-refractivity contribution >= 4 is 73.8 Å². The molecular formula is C33H26BrFN4O3S. The number of nitrogens with one attached hydrogen (secondary N) is 4. The molecule has 3 amide bonds. The van der Waals surface area contributed by atoms with Crippen LogP contribution < -0.4 is 16.0 Å². The number of hydrogen-bond donors (Lipinski definition) is 4. The lowest BCUT2D eigenvalue weighted by molar-refractivity contribution is -0.115. The highest BCUT2D eigenvalue weighted by molar-refractivity contribution is 9.10. The first-order chi connectivity index (χ1) is 20.8. The number of halogens is 2. The Hall–Kier alpha value is -4.67. The van der Waals surface area contributed by atoms with Crippen molar-refractivity contribution in [2.45, 2.75) is 17.1 Å². The molecule has 0 aliphatic carbocycles. The van der Waals surface area contributed by atoms with Crippen molar-refractivity contribution in [3.8, 4) is 0 Å². The fourth-order valence-electron chi connectivity index (χ4n) is 4.21. The van der Waals surface area contributed by atoms with Gasteiger partial charge in [0.25, 0.3) is 11.8 Å². The van der Waals surface area contributed by atoms with E-state index >= 15 is 0 Å². The number of anilines is 2. The number of thioether (sulfide) groups is 1. The van der Waals surface area contributed by atoms with E-state index in [1.807, 2.05) is 30.3 Å². The molecule has 0 aliphatic heterocycles. The molecule has 0 saturated heterocycles. The van der Waals surface area contributed by atoms with Crippen LogP contribution in [0.5, 0.6) is 0 Å². The van der Waals surface area contributed by atoms with Crippen LogP contribution in [0, 0.1) is 5.82 Å². The molecule has 1 aromatic heterocycles. The Kier molecular flexibility index (Phi) is 9.38. The zero-order valence-corrected chi connectivity index (χ0v) is 25.3. The first-order valence-corrected chi connectivity index (χ1v) is 14.9. The topological polar surface area (TPSA) is 103 Å². The summed E-state index contributed by atoms with van der Waals surface area (Å²) in [5.41, 5.74) is 2.75. The first-order valence-electron chi connectivity index (χ1n) is 13.2. The van der Waals surface area contributed by atoms with E-state index in [1.54, 1.807) is 73.8 Å². The van der Waals surface area contributed by atoms with Gasteiger partial charge in [-0.25, -0.2) is 4.39 Å². The van der Waals surface area contributed by atoms with Crippen LogP contribution in [0.1, 0.15) is 22.8 Å². The number of fused-ring (bicyclic) bond motifs is 1. The van der Waals surface area contributed by atoms with Gasteiger partial charge in [-0.3, -0.25) is 14.4 Å². The second-order valence-corrected chi connectivity index (χ2v) is 11.8. The van der Waals surface area contributed by atoms with Crippen molar-refractivity contribution in [2.75, 3.05) is 10.6 Å². The summed E-state index contributed by atoms with van der Waals surface area (Å²) in [4.78, 5) is 43.0. The summed E-state index contributed by atoms with van der Waals surface area (Å²) < 4.78 is 14.7. The number of rotatable bonds is 9. The van der Waals surface area contributed by atoms with Crippen molar-refractivity contribution in [1.82, 2.24) is 10.3 Å². The predicted octanol–water partition coefficient (Wildman–Crippen LogP) is 7.60. The Morgan fingerprint density at radius 3 is 2.37 bits per heavy atom. The highest BCUT2D eigenvalue weighted by Crippen LogP contribution is 2.27. The average Bonchev–Trinajstić information content (AvgIpc) is 3.42. The number of hydrogen-bond acceptors (Lipinski definition) is 4. The van der Waals surface area contributed by atoms with Crippen LogP contribution in [0.4, 0.5) is 15.8 Å². The standard InChI is InChI=1S/C33H26BrFN4O3S/c1-20(31(40)38-29-16-11-23(34)18-27(29)35)43-25-14-12-24(13-15-25)37-33(42)30(39-32(41)21-7-3-2-4-8-21)17-22-19-36-28-10-6-5-9-26(22)28/h2-20,36H,1H3,(H,37,42)(H,38,40)(H,39,41)/b30-17+/t20-/m1/s1. The normalized spacial score (nSPS) is 12.0. The van der Waals surface area contributed by atoms with Crippen molar-refractivity contribution < 1.29 is 18.8 Å². The third-order valence-electron chi connectivity index (χ3n) is 6.43. The lowest BCUT2D eigenvalue weighted by Crippen LogP contribution is -2.30. The molecule has 7 nitrogen and oxygen atoms in total. The monoisotopic (exact) mass is 656 g/mol. The Morgan fingerprint density at radius 2 is 1.63 bits per heavy atom. The van der Waals surface area contributed by atoms with Gasteiger partial charge in [-0.2, -0.15) is 0 Å². The van der Waals surface area contributed by atoms with E-state index in [-0.39, 0.29) is 17.3 Å². The number of benzene rings is 4. The number of para-hydroxylation sites is 1. The SMILES string of the molecule is C[C@@H](Sc1ccc(NC(=O)/C(=C\c2c[nH]c3ccccc23)NC(=O)c2ccccc2)cc1)C(=O)Nc1ccc(Br)cc1F. The van der Waals surface area contributed by atoms with Gasteiger partial charge in [-0.15, -0.1) is 11.8 Å². The summed E-state index contributed by atoms with van der Waals surface area (Å²) in [6, 6.07) is 27.7. The van der Waals surface area contributed by atoms with Crippen LogP contribution in [0.15, 0.2) is 118 Å². The molecule has 0 fully saturated rings. The second-order valence-electron chi connectivity index (χ2n) is 9.52. The molecule has 0 aliphatic rings. The van der Waals surface area contributed by atoms with E-state index in [0.717, 1.165) is 21.4 Å². The van der Waals surface area contributed by atoms with Gasteiger partial charge in [-0.05, 0) is 73.7 Å². The maximum atomic E-state index is 14.1. The van der Waals surface area contributed by atoms with Gasteiger partial charge in [0.1, 0.15) is 11.5 Å². The van der Waals surface area contributed by atoms with Gasteiger partial charge in [0.2, 0.25) is 5.91 Å². The zero-order chi connectivity index (χ0) is 30.3. The van der Waals surface area contributed by atoms with Crippen LogP contribution in [-0.4, -0.2) is 28.0 Å². The molecule has 216 valence electrons. The minimum atomic E-state index is -0.530. The van der Waals surface area contributed by atoms with Gasteiger partial charge in [-0.1, -0.05) is 52.3 Å². The lowest BCUT2D eigenvalue weighted by atomic mass is 10.1. The van der Waals surface area contributed by atoms with E-state index in [2.05, 4.69) is 36.9 Å². The summed E-state index contributed by atoms with van der Waals surface area (Å²) in [6.45, 7) is 1.73. The molecule has 5 rings (SSSR count). The van der Waals surface area contributed by atoms with Gasteiger partial charge < -0.3 is 20.9 Å². The minimum Gasteiger partial charge on any atom is -0.361 e. The fourth-order valence-corrected chi connectivity index (χ4v) is 5.41. The van der Waals surface area contributed by atoms with E-state index in [4.69, 9.17) is 0 Å². The molecule has 43 heavy (non-hydrogen) atoms. The van der Waals surface area contributed by atoms with E-state index in [1.165, 1.54) is 23.9 Å². The summed E-state index contributed by atoms with van der Waals surface area (Å²) >= 11 is 4.50. The third kappa shape index (κ3) is 7.59. The quantitative estimate of drug-likeness (QED) is 0.0969. The molecule has 4 aromatic carbocycles. The van der Waals surface area contributed by atoms with E-state index in [9.17, 15) is 18.8 Å². The number of carbonyl (C=O) groups is 3. The maximum absolute atomic E-state index is 14.1. The third-order valence-corrected chi connectivity index (χ3v) is 8.04. The molecule has 0 unspecified atom stereocenters. The number of H-pyrrole nitrogens is 1. The summed E-state index contributed by atoms with van der Waals surface area (Å²) in [7, 11) is 0. The van der Waals surface area contributed by atoms with Crippen LogP contribution in [0.25, 0.3) is 17.0 Å². The summed E-state index contributed by atoms with van der Waals surface area (Å²) in [5, 5.41) is 8.59. The molecule has 0 bridgehead atoms. The average molecular weight is 658 g/mol. The molecule has 0 spiro atoms. The largest absolute Gasteiger partial charge is 0.361 e. The summed E-state index contributed by atoms with van der Waals surface area (Å²) in [6.07, 6.45) is 3.41. The number of carbonyl (C=O) groups excluding carboxylic acids is 3.